The molecule has 2 unspecified atom stereocenters. The van der Waals surface area contributed by atoms with Crippen LogP contribution in [0.2, 0.25) is 0 Å². The number of para-hydroxylation sites is 1. The average molecular weight is 424 g/mol. The van der Waals surface area contributed by atoms with Crippen molar-refractivity contribution >= 4 is 0 Å². The van der Waals surface area contributed by atoms with Gasteiger partial charge >= 0.3 is 0 Å². The lowest BCUT2D eigenvalue weighted by atomic mass is 9.52. The fourth-order valence-electron chi connectivity index (χ4n) is 6.86. The minimum Gasteiger partial charge on any atom is -0.508 e. The molecule has 5 rings (SSSR count). The number of nitrogens with one attached hydrogen (secondary N) is 1. The Labute approximate surface area is 184 Å². The highest BCUT2D eigenvalue weighted by Gasteiger charge is 2.68. The van der Waals surface area contributed by atoms with Crippen molar-refractivity contribution < 1.29 is 20.1 Å². The number of phenolic OH excluding ortho intramolecular Hbond substituents is 1. The molecule has 0 amide bonds. The van der Waals surface area contributed by atoms with Gasteiger partial charge < -0.3 is 25.4 Å². The molecule has 166 valence electrons. The highest BCUT2D eigenvalue weighted by molar-refractivity contribution is 5.42. The molecule has 0 radical (unpaired) electrons. The van der Waals surface area contributed by atoms with Gasteiger partial charge in [-0.3, -0.25) is 0 Å². The van der Waals surface area contributed by atoms with Crippen molar-refractivity contribution in [3.63, 3.8) is 0 Å². The monoisotopic (exact) mass is 423 g/mol. The van der Waals surface area contributed by atoms with E-state index in [9.17, 15) is 15.3 Å². The molecule has 2 aromatic rings. The molecule has 2 saturated carbocycles. The molecule has 3 aliphatic rings. The molecule has 5 nitrogen and oxygen atoms in total. The smallest absolute Gasteiger partial charge is 0.120 e. The van der Waals surface area contributed by atoms with E-state index in [4.69, 9.17) is 4.74 Å². The summed E-state index contributed by atoms with van der Waals surface area (Å²) in [5.41, 5.74) is 1.92. The Morgan fingerprint density at radius 3 is 2.74 bits per heavy atom. The minimum atomic E-state index is -1.00. The molecule has 0 aliphatic heterocycles. The Hall–Kier alpha value is -2.08. The molecule has 6 atom stereocenters. The van der Waals surface area contributed by atoms with Crippen LogP contribution in [0.1, 0.15) is 55.2 Å². The molecule has 5 heteroatoms. The molecular weight excluding hydrogens is 390 g/mol. The van der Waals surface area contributed by atoms with Gasteiger partial charge in [0.1, 0.15) is 11.5 Å². The number of aliphatic hydroxyl groups excluding tert-OH is 1. The zero-order chi connectivity index (χ0) is 21.8. The van der Waals surface area contributed by atoms with E-state index in [2.05, 4.69) is 24.4 Å². The number of aliphatic hydroxyl groups is 2. The van der Waals surface area contributed by atoms with Gasteiger partial charge in [-0.25, -0.2) is 0 Å². The van der Waals surface area contributed by atoms with Crippen LogP contribution in [0.25, 0.3) is 0 Å². The largest absolute Gasteiger partial charge is 0.508 e. The number of rotatable bonds is 4. The Bertz CT molecular complexity index is 978. The highest BCUT2D eigenvalue weighted by atomic mass is 16.5. The van der Waals surface area contributed by atoms with Gasteiger partial charge in [0.25, 0.3) is 0 Å². The molecule has 0 heterocycles. The summed E-state index contributed by atoms with van der Waals surface area (Å²) in [4.78, 5) is 0. The lowest BCUT2D eigenvalue weighted by molar-refractivity contribution is -0.172. The number of aryl methyl sites for hydroxylation is 1. The molecule has 0 aromatic heterocycles. The second kappa shape index (κ2) is 7.51. The maximum atomic E-state index is 12.4. The zero-order valence-electron chi connectivity index (χ0n) is 18.3. The standard InChI is InChI=1S/C26H33NO4/c1-25-12-11-20-19-9-8-18(31-2)13-16(19)7-10-21(20)26(25,30)23(14-24(25)29)27-15-17-5-3-4-6-22(17)28/h3-6,8-9,13,20-21,23-24,27-30H,7,10-12,14-15H2,1-2H3/t20?,21?,23-,24+,25-,26+/m1/s1. The third-order valence-electron chi connectivity index (χ3n) is 8.67. The van der Waals surface area contributed by atoms with Crippen LogP contribution < -0.4 is 10.1 Å². The molecule has 2 aromatic carbocycles. The summed E-state index contributed by atoms with van der Waals surface area (Å²) in [6, 6.07) is 13.4. The van der Waals surface area contributed by atoms with Crippen molar-refractivity contribution in [3.05, 3.63) is 59.2 Å². The number of hydrogen-bond acceptors (Lipinski definition) is 5. The topological polar surface area (TPSA) is 82.0 Å². The summed E-state index contributed by atoms with van der Waals surface area (Å²) >= 11 is 0. The maximum Gasteiger partial charge on any atom is 0.120 e. The van der Waals surface area contributed by atoms with E-state index in [0.717, 1.165) is 37.0 Å². The molecule has 31 heavy (non-hydrogen) atoms. The Kier molecular flexibility index (Phi) is 5.04. The summed E-state index contributed by atoms with van der Waals surface area (Å²) in [5.74, 6) is 1.51. The molecule has 4 N–H and O–H groups in total. The van der Waals surface area contributed by atoms with Crippen molar-refractivity contribution in [1.82, 2.24) is 5.32 Å². The van der Waals surface area contributed by atoms with Crippen molar-refractivity contribution in [2.24, 2.45) is 11.3 Å². The van der Waals surface area contributed by atoms with Crippen LogP contribution in [0.5, 0.6) is 11.5 Å². The van der Waals surface area contributed by atoms with Gasteiger partial charge in [-0.1, -0.05) is 31.2 Å². The summed E-state index contributed by atoms with van der Waals surface area (Å²) < 4.78 is 5.42. The predicted octanol–water partition coefficient (Wildman–Crippen LogP) is 3.50. The van der Waals surface area contributed by atoms with Crippen LogP contribution in [0.3, 0.4) is 0 Å². The zero-order valence-corrected chi connectivity index (χ0v) is 18.3. The quantitative estimate of drug-likeness (QED) is 0.605. The molecular formula is C26H33NO4. The van der Waals surface area contributed by atoms with Crippen LogP contribution in [0.15, 0.2) is 42.5 Å². The number of methoxy groups -OCH3 is 1. The van der Waals surface area contributed by atoms with Gasteiger partial charge in [0.2, 0.25) is 0 Å². The molecule has 3 aliphatic carbocycles. The molecule has 2 fully saturated rings. The molecule has 0 spiro atoms. The minimum absolute atomic E-state index is 0.0890. The van der Waals surface area contributed by atoms with E-state index >= 15 is 0 Å². The fourth-order valence-corrected chi connectivity index (χ4v) is 6.86. The fraction of sp³-hybridized carbons (Fsp3) is 0.538. The first-order valence-corrected chi connectivity index (χ1v) is 11.5. The number of fused-ring (bicyclic) bond motifs is 5. The lowest BCUT2D eigenvalue weighted by Crippen LogP contribution is -2.64. The van der Waals surface area contributed by atoms with Crippen LogP contribution in [0.4, 0.5) is 0 Å². The SMILES string of the molecule is COc1ccc2c(c1)CCC1C2CC[C@]2(C)[C@@H](O)C[C@@H](NCc3ccccc3O)[C@@]12O. The van der Waals surface area contributed by atoms with Crippen LogP contribution >= 0.6 is 0 Å². The third kappa shape index (κ3) is 3.01. The molecule has 0 saturated heterocycles. The van der Waals surface area contributed by atoms with Crippen LogP contribution in [-0.4, -0.2) is 40.2 Å². The summed E-state index contributed by atoms with van der Waals surface area (Å²) in [7, 11) is 1.70. The summed E-state index contributed by atoms with van der Waals surface area (Å²) in [6.07, 6.45) is 3.57. The van der Waals surface area contributed by atoms with Crippen LogP contribution in [-0.2, 0) is 13.0 Å². The average Bonchev–Trinajstić information content (AvgIpc) is 2.98. The van der Waals surface area contributed by atoms with E-state index in [-0.39, 0.29) is 23.6 Å². The van der Waals surface area contributed by atoms with Gasteiger partial charge in [-0.05, 0) is 73.3 Å². The first-order chi connectivity index (χ1) is 14.9. The van der Waals surface area contributed by atoms with E-state index in [0.29, 0.717) is 13.0 Å². The van der Waals surface area contributed by atoms with Crippen molar-refractivity contribution in [2.75, 3.05) is 7.11 Å². The van der Waals surface area contributed by atoms with Gasteiger partial charge in [0, 0.05) is 23.6 Å². The Morgan fingerprint density at radius 1 is 1.16 bits per heavy atom. The van der Waals surface area contributed by atoms with Gasteiger partial charge in [0.05, 0.1) is 18.8 Å². The lowest BCUT2D eigenvalue weighted by Gasteiger charge is -2.57. The van der Waals surface area contributed by atoms with Gasteiger partial charge in [-0.15, -0.1) is 0 Å². The Morgan fingerprint density at radius 2 is 1.97 bits per heavy atom. The normalized spacial score (nSPS) is 36.4. The first-order valence-electron chi connectivity index (χ1n) is 11.5. The van der Waals surface area contributed by atoms with Crippen LogP contribution in [0, 0.1) is 11.3 Å². The number of aromatic hydroxyl groups is 1. The number of benzene rings is 2. The summed E-state index contributed by atoms with van der Waals surface area (Å²) in [5, 5.41) is 37.1. The maximum absolute atomic E-state index is 12.4. The molecule has 0 bridgehead atoms. The van der Waals surface area contributed by atoms with Gasteiger partial charge in [0.15, 0.2) is 0 Å². The van der Waals surface area contributed by atoms with Gasteiger partial charge in [-0.2, -0.15) is 0 Å². The highest BCUT2D eigenvalue weighted by Crippen LogP contribution is 2.63. The number of hydrogen-bond donors (Lipinski definition) is 4. The summed E-state index contributed by atoms with van der Waals surface area (Å²) in [6.45, 7) is 2.53. The number of phenols is 1. The van der Waals surface area contributed by atoms with E-state index in [1.807, 2.05) is 24.3 Å². The van der Waals surface area contributed by atoms with Crippen molar-refractivity contribution in [1.29, 1.82) is 0 Å². The Balaban J connectivity index is 1.47. The van der Waals surface area contributed by atoms with E-state index < -0.39 is 17.1 Å². The van der Waals surface area contributed by atoms with E-state index in [1.165, 1.54) is 11.1 Å². The first kappa shape index (κ1) is 20.8. The second-order valence-corrected chi connectivity index (χ2v) is 9.91. The second-order valence-electron chi connectivity index (χ2n) is 9.91. The van der Waals surface area contributed by atoms with E-state index in [1.54, 1.807) is 13.2 Å². The predicted molar refractivity (Wildman–Crippen MR) is 119 cm³/mol. The number of ether oxygens (including phenoxy) is 1. The third-order valence-corrected chi connectivity index (χ3v) is 8.67. The van der Waals surface area contributed by atoms with Crippen molar-refractivity contribution in [3.8, 4) is 11.5 Å². The van der Waals surface area contributed by atoms with Crippen molar-refractivity contribution in [2.45, 2.75) is 69.2 Å².